The first-order valence-electron chi connectivity index (χ1n) is 10.9. The standard InChI is InChI=1S/C22H36N4O2/c1-18(2)28-15-11-24-22(27)20-4-3-12-26(17-20)21-7-13-25(14-8-21)16-19-5-9-23-10-6-19/h5-6,9-10,18,20-21H,3-4,7-8,11-17H2,1-2H3,(H,24,27). The molecule has 6 heteroatoms. The molecule has 2 saturated heterocycles. The first kappa shape index (κ1) is 21.2. The van der Waals surface area contributed by atoms with E-state index in [1.807, 2.05) is 26.2 Å². The second kappa shape index (κ2) is 10.9. The number of likely N-dealkylation sites (tertiary alicyclic amines) is 2. The molecule has 1 aromatic heterocycles. The van der Waals surface area contributed by atoms with Gasteiger partial charge in [0, 0.05) is 38.1 Å². The lowest BCUT2D eigenvalue weighted by Crippen LogP contribution is -2.50. The van der Waals surface area contributed by atoms with Crippen molar-refractivity contribution in [3.05, 3.63) is 30.1 Å². The van der Waals surface area contributed by atoms with E-state index in [0.29, 0.717) is 19.2 Å². The summed E-state index contributed by atoms with van der Waals surface area (Å²) in [5.74, 6) is 0.329. The molecular weight excluding hydrogens is 352 g/mol. The number of hydrogen-bond donors (Lipinski definition) is 1. The number of pyridine rings is 1. The molecule has 0 aromatic carbocycles. The van der Waals surface area contributed by atoms with Gasteiger partial charge in [0.2, 0.25) is 5.91 Å². The van der Waals surface area contributed by atoms with Gasteiger partial charge in [0.05, 0.1) is 18.6 Å². The molecule has 0 aliphatic carbocycles. The molecule has 1 atom stereocenters. The third-order valence-corrected chi connectivity index (χ3v) is 5.91. The van der Waals surface area contributed by atoms with Crippen molar-refractivity contribution in [2.75, 3.05) is 39.3 Å². The lowest BCUT2D eigenvalue weighted by atomic mass is 9.93. The minimum Gasteiger partial charge on any atom is -0.377 e. The predicted molar refractivity (Wildman–Crippen MR) is 111 cm³/mol. The summed E-state index contributed by atoms with van der Waals surface area (Å²) < 4.78 is 5.52. The normalized spacial score (nSPS) is 22.5. The molecule has 2 fully saturated rings. The van der Waals surface area contributed by atoms with Gasteiger partial charge in [-0.15, -0.1) is 0 Å². The first-order valence-corrected chi connectivity index (χ1v) is 10.9. The molecule has 0 spiro atoms. The highest BCUT2D eigenvalue weighted by atomic mass is 16.5. The third kappa shape index (κ3) is 6.54. The van der Waals surface area contributed by atoms with Crippen LogP contribution in [0.4, 0.5) is 0 Å². The van der Waals surface area contributed by atoms with E-state index in [2.05, 4.69) is 32.2 Å². The van der Waals surface area contributed by atoms with Crippen LogP contribution in [0.1, 0.15) is 45.1 Å². The van der Waals surface area contributed by atoms with Crippen molar-refractivity contribution >= 4 is 5.91 Å². The van der Waals surface area contributed by atoms with Gasteiger partial charge in [-0.1, -0.05) is 0 Å². The van der Waals surface area contributed by atoms with Crippen LogP contribution in [0.3, 0.4) is 0 Å². The summed E-state index contributed by atoms with van der Waals surface area (Å²) in [5, 5.41) is 3.06. The Labute approximate surface area is 169 Å². The number of aromatic nitrogens is 1. The van der Waals surface area contributed by atoms with E-state index in [-0.39, 0.29) is 17.9 Å². The molecule has 0 saturated carbocycles. The van der Waals surface area contributed by atoms with Gasteiger partial charge in [-0.2, -0.15) is 0 Å². The average Bonchev–Trinajstić information content (AvgIpc) is 2.72. The molecule has 156 valence electrons. The molecule has 2 aliphatic rings. The third-order valence-electron chi connectivity index (χ3n) is 5.91. The van der Waals surface area contributed by atoms with Crippen molar-refractivity contribution in [2.45, 2.75) is 58.2 Å². The van der Waals surface area contributed by atoms with E-state index in [1.54, 1.807) is 0 Å². The van der Waals surface area contributed by atoms with Gasteiger partial charge >= 0.3 is 0 Å². The molecule has 3 heterocycles. The molecule has 1 amide bonds. The monoisotopic (exact) mass is 388 g/mol. The molecular formula is C22H36N4O2. The fourth-order valence-corrected chi connectivity index (χ4v) is 4.35. The zero-order valence-electron chi connectivity index (χ0n) is 17.5. The van der Waals surface area contributed by atoms with Gasteiger partial charge in [0.25, 0.3) is 0 Å². The summed E-state index contributed by atoms with van der Waals surface area (Å²) >= 11 is 0. The number of nitrogens with zero attached hydrogens (tertiary/aromatic N) is 3. The van der Waals surface area contributed by atoms with Crippen LogP contribution in [0.2, 0.25) is 0 Å². The smallest absolute Gasteiger partial charge is 0.224 e. The Bertz CT molecular complexity index is 587. The van der Waals surface area contributed by atoms with Gasteiger partial charge in [0.15, 0.2) is 0 Å². The highest BCUT2D eigenvalue weighted by Crippen LogP contribution is 2.24. The van der Waals surface area contributed by atoms with E-state index in [1.165, 1.54) is 18.4 Å². The van der Waals surface area contributed by atoms with E-state index in [9.17, 15) is 4.79 Å². The number of hydrogen-bond acceptors (Lipinski definition) is 5. The van der Waals surface area contributed by atoms with Crippen molar-refractivity contribution in [2.24, 2.45) is 5.92 Å². The van der Waals surface area contributed by atoms with Crippen LogP contribution in [0, 0.1) is 5.92 Å². The minimum absolute atomic E-state index is 0.127. The number of amides is 1. The highest BCUT2D eigenvalue weighted by Gasteiger charge is 2.31. The van der Waals surface area contributed by atoms with Crippen molar-refractivity contribution in [1.29, 1.82) is 0 Å². The molecule has 0 bridgehead atoms. The number of carbonyl (C=O) groups excluding carboxylic acids is 1. The maximum atomic E-state index is 12.5. The maximum Gasteiger partial charge on any atom is 0.224 e. The van der Waals surface area contributed by atoms with Crippen molar-refractivity contribution < 1.29 is 9.53 Å². The topological polar surface area (TPSA) is 57.7 Å². The number of carbonyl (C=O) groups is 1. The quantitative estimate of drug-likeness (QED) is 0.693. The molecule has 28 heavy (non-hydrogen) atoms. The Kier molecular flexibility index (Phi) is 8.25. The van der Waals surface area contributed by atoms with Gasteiger partial charge in [-0.3, -0.25) is 19.6 Å². The second-order valence-electron chi connectivity index (χ2n) is 8.41. The summed E-state index contributed by atoms with van der Waals surface area (Å²) in [6.45, 7) is 10.6. The van der Waals surface area contributed by atoms with Crippen molar-refractivity contribution in [3.63, 3.8) is 0 Å². The summed E-state index contributed by atoms with van der Waals surface area (Å²) in [6.07, 6.45) is 8.48. The Hall–Kier alpha value is -1.50. The van der Waals surface area contributed by atoms with E-state index in [0.717, 1.165) is 45.6 Å². The fourth-order valence-electron chi connectivity index (χ4n) is 4.35. The first-order chi connectivity index (χ1) is 13.6. The Morgan fingerprint density at radius 1 is 1.21 bits per heavy atom. The lowest BCUT2D eigenvalue weighted by Gasteiger charge is -2.42. The summed E-state index contributed by atoms with van der Waals surface area (Å²) in [5.41, 5.74) is 1.34. The maximum absolute atomic E-state index is 12.5. The second-order valence-corrected chi connectivity index (χ2v) is 8.41. The van der Waals surface area contributed by atoms with E-state index in [4.69, 9.17) is 4.74 Å². The van der Waals surface area contributed by atoms with Gasteiger partial charge in [-0.05, 0) is 76.9 Å². The zero-order valence-corrected chi connectivity index (χ0v) is 17.5. The molecule has 2 aliphatic heterocycles. The van der Waals surface area contributed by atoms with Crippen LogP contribution in [-0.4, -0.2) is 72.2 Å². The average molecular weight is 389 g/mol. The van der Waals surface area contributed by atoms with Crippen LogP contribution in [0.25, 0.3) is 0 Å². The molecule has 1 N–H and O–H groups in total. The number of ether oxygens (including phenoxy) is 1. The van der Waals surface area contributed by atoms with Gasteiger partial charge < -0.3 is 10.1 Å². The van der Waals surface area contributed by atoms with E-state index >= 15 is 0 Å². The molecule has 0 radical (unpaired) electrons. The van der Waals surface area contributed by atoms with Crippen LogP contribution < -0.4 is 5.32 Å². The number of rotatable bonds is 8. The Balaban J connectivity index is 1.39. The number of nitrogens with one attached hydrogen (secondary N) is 1. The van der Waals surface area contributed by atoms with Gasteiger partial charge in [-0.25, -0.2) is 0 Å². The lowest BCUT2D eigenvalue weighted by molar-refractivity contribution is -0.127. The molecule has 3 rings (SSSR count). The molecule has 1 unspecified atom stereocenters. The van der Waals surface area contributed by atoms with Crippen LogP contribution in [-0.2, 0) is 16.1 Å². The fraction of sp³-hybridized carbons (Fsp3) is 0.727. The van der Waals surface area contributed by atoms with Crippen molar-refractivity contribution in [1.82, 2.24) is 20.1 Å². The summed E-state index contributed by atoms with van der Waals surface area (Å²) in [6, 6.07) is 4.83. The zero-order chi connectivity index (χ0) is 19.8. The van der Waals surface area contributed by atoms with Crippen molar-refractivity contribution in [3.8, 4) is 0 Å². The summed E-state index contributed by atoms with van der Waals surface area (Å²) in [4.78, 5) is 21.7. The predicted octanol–water partition coefficient (Wildman–Crippen LogP) is 2.30. The van der Waals surface area contributed by atoms with Gasteiger partial charge in [0.1, 0.15) is 0 Å². The number of piperidine rings is 2. The largest absolute Gasteiger partial charge is 0.377 e. The summed E-state index contributed by atoms with van der Waals surface area (Å²) in [7, 11) is 0. The Morgan fingerprint density at radius 3 is 2.68 bits per heavy atom. The van der Waals surface area contributed by atoms with Crippen LogP contribution >= 0.6 is 0 Å². The molecule has 1 aromatic rings. The Morgan fingerprint density at radius 2 is 1.96 bits per heavy atom. The minimum atomic E-state index is 0.127. The molecule has 6 nitrogen and oxygen atoms in total. The van der Waals surface area contributed by atoms with E-state index < -0.39 is 0 Å². The van der Waals surface area contributed by atoms with Crippen LogP contribution in [0.5, 0.6) is 0 Å². The highest BCUT2D eigenvalue weighted by molar-refractivity contribution is 5.78. The van der Waals surface area contributed by atoms with Crippen LogP contribution in [0.15, 0.2) is 24.5 Å². The SMILES string of the molecule is CC(C)OCCNC(=O)C1CCCN(C2CCN(Cc3ccncc3)CC2)C1.